The number of hydrogen-bond donors (Lipinski definition) is 3. The first-order chi connectivity index (χ1) is 10.0. The Hall–Kier alpha value is -1.59. The van der Waals surface area contributed by atoms with E-state index in [9.17, 15) is 0 Å². The molecule has 0 spiro atoms. The van der Waals surface area contributed by atoms with Crippen molar-refractivity contribution in [2.45, 2.75) is 38.8 Å². The molecule has 1 aromatic carbocycles. The van der Waals surface area contributed by atoms with Gasteiger partial charge in [-0.1, -0.05) is 35.5 Å². The van der Waals surface area contributed by atoms with Crippen molar-refractivity contribution in [3.05, 3.63) is 35.9 Å². The number of oxime groups is 1. The van der Waals surface area contributed by atoms with Crippen LogP contribution < -0.4 is 11.1 Å². The predicted molar refractivity (Wildman–Crippen MR) is 87.6 cm³/mol. The first-order valence-electron chi connectivity index (χ1n) is 7.49. The summed E-state index contributed by atoms with van der Waals surface area (Å²) < 4.78 is 0. The van der Waals surface area contributed by atoms with E-state index >= 15 is 0 Å². The summed E-state index contributed by atoms with van der Waals surface area (Å²) in [6.45, 7) is 6.34. The van der Waals surface area contributed by atoms with Crippen LogP contribution in [-0.2, 0) is 0 Å². The molecule has 1 aromatic rings. The normalized spacial score (nSPS) is 13.9. The second-order valence-corrected chi connectivity index (χ2v) is 5.64. The van der Waals surface area contributed by atoms with Gasteiger partial charge in [0.2, 0.25) is 0 Å². The minimum atomic E-state index is 0.0754. The first-order valence-corrected chi connectivity index (χ1v) is 7.49. The number of benzene rings is 1. The Kier molecular flexibility index (Phi) is 7.79. The van der Waals surface area contributed by atoms with Crippen LogP contribution in [0.4, 0.5) is 0 Å². The molecule has 4 N–H and O–H groups in total. The molecule has 5 nitrogen and oxygen atoms in total. The molecule has 118 valence electrons. The molecule has 1 atom stereocenters. The molecule has 1 unspecified atom stereocenters. The minimum absolute atomic E-state index is 0.0754. The molecule has 0 radical (unpaired) electrons. The SMILES string of the molecule is CC(C)N(C)CCCNC(C/C(N)=N/O)c1ccccc1. The molecule has 0 aliphatic heterocycles. The van der Waals surface area contributed by atoms with E-state index in [1.165, 1.54) is 0 Å². The van der Waals surface area contributed by atoms with E-state index in [0.29, 0.717) is 12.5 Å². The Bertz CT molecular complexity index is 420. The molecule has 0 aromatic heterocycles. The summed E-state index contributed by atoms with van der Waals surface area (Å²) in [6.07, 6.45) is 1.56. The van der Waals surface area contributed by atoms with Gasteiger partial charge in [-0.15, -0.1) is 0 Å². The van der Waals surface area contributed by atoms with Gasteiger partial charge in [0.25, 0.3) is 0 Å². The highest BCUT2D eigenvalue weighted by Gasteiger charge is 2.13. The third-order valence-electron chi connectivity index (χ3n) is 3.70. The summed E-state index contributed by atoms with van der Waals surface area (Å²) in [4.78, 5) is 2.32. The van der Waals surface area contributed by atoms with Crippen LogP contribution >= 0.6 is 0 Å². The Balaban J connectivity index is 2.51. The number of nitrogens with two attached hydrogens (primary N) is 1. The van der Waals surface area contributed by atoms with E-state index < -0.39 is 0 Å². The average molecular weight is 292 g/mol. The zero-order chi connectivity index (χ0) is 15.7. The van der Waals surface area contributed by atoms with Crippen molar-refractivity contribution in [2.75, 3.05) is 20.1 Å². The van der Waals surface area contributed by atoms with Crippen LogP contribution in [0.5, 0.6) is 0 Å². The first kappa shape index (κ1) is 17.5. The standard InChI is InChI=1S/C16H28N4O/c1-13(2)20(3)11-7-10-18-15(12-16(17)19-21)14-8-5-4-6-9-14/h4-6,8-9,13,15,18,21H,7,10-12H2,1-3H3,(H2,17,19). The van der Waals surface area contributed by atoms with Gasteiger partial charge in [0.05, 0.1) is 0 Å². The van der Waals surface area contributed by atoms with Crippen LogP contribution in [0.2, 0.25) is 0 Å². The molecule has 1 rings (SSSR count). The number of rotatable bonds is 9. The number of nitrogens with zero attached hydrogens (tertiary/aromatic N) is 2. The van der Waals surface area contributed by atoms with Gasteiger partial charge >= 0.3 is 0 Å². The van der Waals surface area contributed by atoms with Crippen molar-refractivity contribution in [2.24, 2.45) is 10.9 Å². The van der Waals surface area contributed by atoms with Gasteiger partial charge in [-0.25, -0.2) is 0 Å². The molecule has 0 aliphatic carbocycles. The zero-order valence-electron chi connectivity index (χ0n) is 13.3. The van der Waals surface area contributed by atoms with E-state index in [2.05, 4.69) is 48.4 Å². The lowest BCUT2D eigenvalue weighted by Gasteiger charge is -2.22. The molecular formula is C16H28N4O. The number of nitrogens with one attached hydrogen (secondary N) is 1. The fourth-order valence-corrected chi connectivity index (χ4v) is 2.11. The summed E-state index contributed by atoms with van der Waals surface area (Å²) in [5, 5.41) is 15.3. The summed E-state index contributed by atoms with van der Waals surface area (Å²) in [6, 6.07) is 10.7. The van der Waals surface area contributed by atoms with E-state index in [1.807, 2.05) is 18.2 Å². The maximum Gasteiger partial charge on any atom is 0.141 e. The van der Waals surface area contributed by atoms with Crippen LogP contribution in [0.3, 0.4) is 0 Å². The highest BCUT2D eigenvalue weighted by molar-refractivity contribution is 5.80. The van der Waals surface area contributed by atoms with Crippen molar-refractivity contribution in [3.63, 3.8) is 0 Å². The molecular weight excluding hydrogens is 264 g/mol. The van der Waals surface area contributed by atoms with Crippen LogP contribution in [0, 0.1) is 0 Å². The maximum absolute atomic E-state index is 8.76. The monoisotopic (exact) mass is 292 g/mol. The molecule has 0 saturated carbocycles. The van der Waals surface area contributed by atoms with Crippen LogP contribution in [0.25, 0.3) is 0 Å². The van der Waals surface area contributed by atoms with E-state index in [1.54, 1.807) is 0 Å². The van der Waals surface area contributed by atoms with Crippen molar-refractivity contribution in [1.82, 2.24) is 10.2 Å². The lowest BCUT2D eigenvalue weighted by molar-refractivity contribution is 0.267. The second-order valence-electron chi connectivity index (χ2n) is 5.64. The number of hydrogen-bond acceptors (Lipinski definition) is 4. The van der Waals surface area contributed by atoms with Gasteiger partial charge in [-0.2, -0.15) is 0 Å². The van der Waals surface area contributed by atoms with Gasteiger partial charge in [0.1, 0.15) is 5.84 Å². The molecule has 0 aliphatic rings. The zero-order valence-corrected chi connectivity index (χ0v) is 13.3. The van der Waals surface area contributed by atoms with Gasteiger partial charge in [-0.3, -0.25) is 0 Å². The number of amidine groups is 1. The summed E-state index contributed by atoms with van der Waals surface area (Å²) in [5.41, 5.74) is 6.81. The van der Waals surface area contributed by atoms with Crippen molar-refractivity contribution in [3.8, 4) is 0 Å². The maximum atomic E-state index is 8.76. The molecule has 0 heterocycles. The topological polar surface area (TPSA) is 73.9 Å². The van der Waals surface area contributed by atoms with Crippen molar-refractivity contribution >= 4 is 5.84 Å². The van der Waals surface area contributed by atoms with E-state index in [4.69, 9.17) is 10.9 Å². The van der Waals surface area contributed by atoms with Gasteiger partial charge in [0, 0.05) is 18.5 Å². The Morgan fingerprint density at radius 3 is 2.57 bits per heavy atom. The molecule has 21 heavy (non-hydrogen) atoms. The molecule has 0 amide bonds. The average Bonchev–Trinajstić information content (AvgIpc) is 2.50. The second kappa shape index (κ2) is 9.37. The lowest BCUT2D eigenvalue weighted by atomic mass is 10.0. The molecule has 0 bridgehead atoms. The Morgan fingerprint density at radius 1 is 1.33 bits per heavy atom. The van der Waals surface area contributed by atoms with Gasteiger partial charge < -0.3 is 21.2 Å². The molecule has 0 saturated heterocycles. The van der Waals surface area contributed by atoms with Crippen LogP contribution in [0.15, 0.2) is 35.5 Å². The predicted octanol–water partition coefficient (Wildman–Crippen LogP) is 2.18. The molecule has 5 heteroatoms. The van der Waals surface area contributed by atoms with Crippen molar-refractivity contribution < 1.29 is 5.21 Å². The molecule has 0 fully saturated rings. The highest BCUT2D eigenvalue weighted by atomic mass is 16.4. The summed E-state index contributed by atoms with van der Waals surface area (Å²) in [7, 11) is 2.13. The van der Waals surface area contributed by atoms with Crippen molar-refractivity contribution in [1.29, 1.82) is 0 Å². The van der Waals surface area contributed by atoms with E-state index in [0.717, 1.165) is 25.1 Å². The largest absolute Gasteiger partial charge is 0.409 e. The fourth-order valence-electron chi connectivity index (χ4n) is 2.11. The fraction of sp³-hybridized carbons (Fsp3) is 0.562. The van der Waals surface area contributed by atoms with E-state index in [-0.39, 0.29) is 11.9 Å². The smallest absolute Gasteiger partial charge is 0.141 e. The quantitative estimate of drug-likeness (QED) is 0.214. The summed E-state index contributed by atoms with van der Waals surface area (Å²) in [5.74, 6) is 0.246. The summed E-state index contributed by atoms with van der Waals surface area (Å²) >= 11 is 0. The van der Waals surface area contributed by atoms with Crippen LogP contribution in [-0.4, -0.2) is 42.1 Å². The van der Waals surface area contributed by atoms with Crippen LogP contribution in [0.1, 0.15) is 38.3 Å². The van der Waals surface area contributed by atoms with Gasteiger partial charge in [-0.05, 0) is 46.0 Å². The Morgan fingerprint density at radius 2 is 2.00 bits per heavy atom. The van der Waals surface area contributed by atoms with Gasteiger partial charge in [0.15, 0.2) is 0 Å². The minimum Gasteiger partial charge on any atom is -0.409 e. The Labute approximate surface area is 127 Å². The third kappa shape index (κ3) is 6.60. The third-order valence-corrected chi connectivity index (χ3v) is 3.70. The lowest BCUT2D eigenvalue weighted by Crippen LogP contribution is -2.32. The highest BCUT2D eigenvalue weighted by Crippen LogP contribution is 2.16.